The van der Waals surface area contributed by atoms with Crippen LogP contribution in [-0.4, -0.2) is 47.9 Å². The summed E-state index contributed by atoms with van der Waals surface area (Å²) in [6, 6.07) is 5.77. The second-order valence-electron chi connectivity index (χ2n) is 4.74. The van der Waals surface area contributed by atoms with E-state index in [1.165, 1.54) is 12.1 Å². The highest BCUT2D eigenvalue weighted by Crippen LogP contribution is 2.09. The number of carbonyl (C=O) groups is 2. The van der Waals surface area contributed by atoms with Crippen LogP contribution in [0.2, 0.25) is 0 Å². The summed E-state index contributed by atoms with van der Waals surface area (Å²) in [4.78, 5) is 29.1. The van der Waals surface area contributed by atoms with Gasteiger partial charge in [0.2, 0.25) is 0 Å². The van der Waals surface area contributed by atoms with Crippen LogP contribution in [0.15, 0.2) is 12.1 Å². The van der Waals surface area contributed by atoms with Crippen molar-refractivity contribution >= 4 is 11.8 Å². The minimum Gasteiger partial charge on any atom is -0.364 e. The smallest absolute Gasteiger partial charge is 0.270 e. The largest absolute Gasteiger partial charge is 0.364 e. The molecule has 101 valence electrons. The molecule has 0 atom stereocenters. The Labute approximate surface area is 112 Å². The van der Waals surface area contributed by atoms with Gasteiger partial charge in [0.25, 0.3) is 11.8 Å². The third kappa shape index (κ3) is 3.51. The Morgan fingerprint density at radius 2 is 2.16 bits per heavy atom. The lowest BCUT2D eigenvalue weighted by Gasteiger charge is -2.29. The number of nitrogens with zero attached hydrogens (tertiary/aromatic N) is 2. The van der Waals surface area contributed by atoms with Crippen molar-refractivity contribution in [3.8, 4) is 0 Å². The molecule has 3 N–H and O–H groups in total. The quantitative estimate of drug-likeness (QED) is 0.789. The monoisotopic (exact) mass is 261 g/mol. The molecule has 2 amide bonds. The number of rotatable bonds is 3. The molecule has 19 heavy (non-hydrogen) atoms. The Hall–Kier alpha value is -1.95. The molecule has 2 heterocycles. The van der Waals surface area contributed by atoms with E-state index < -0.39 is 5.91 Å². The number of amides is 2. The first-order valence-corrected chi connectivity index (χ1v) is 6.24. The summed E-state index contributed by atoms with van der Waals surface area (Å²) >= 11 is 0. The predicted octanol–water partition coefficient (Wildman–Crippen LogP) is -0.195. The summed E-state index contributed by atoms with van der Waals surface area (Å²) in [5.41, 5.74) is 5.30. The van der Waals surface area contributed by atoms with Gasteiger partial charge in [-0.25, -0.2) is 4.98 Å². The van der Waals surface area contributed by atoms with E-state index in [-0.39, 0.29) is 23.3 Å². The summed E-state index contributed by atoms with van der Waals surface area (Å²) < 4.78 is 0. The highest BCUT2D eigenvalue weighted by Gasteiger charge is 2.20. The van der Waals surface area contributed by atoms with E-state index in [0.717, 1.165) is 25.9 Å². The van der Waals surface area contributed by atoms with Crippen LogP contribution in [0.4, 0.5) is 0 Å². The third-order valence-corrected chi connectivity index (χ3v) is 3.21. The number of aromatic nitrogens is 1. The molecule has 0 aromatic carbocycles. The summed E-state index contributed by atoms with van der Waals surface area (Å²) in [7, 11) is 2.06. The number of pyridine rings is 1. The van der Waals surface area contributed by atoms with E-state index in [1.54, 1.807) is 0 Å². The Kier molecular flexibility index (Phi) is 4.11. The lowest BCUT2D eigenvalue weighted by Crippen LogP contribution is -2.43. The topological polar surface area (TPSA) is 88.3 Å². The lowest BCUT2D eigenvalue weighted by molar-refractivity contribution is 0.0911. The highest BCUT2D eigenvalue weighted by molar-refractivity contribution is 5.95. The fourth-order valence-corrected chi connectivity index (χ4v) is 2.05. The molecular formula is C13H17N4O2. The molecule has 1 fully saturated rings. The molecule has 0 spiro atoms. The number of primary amides is 1. The maximum Gasteiger partial charge on any atom is 0.270 e. The van der Waals surface area contributed by atoms with Gasteiger partial charge in [0.1, 0.15) is 11.4 Å². The Balaban J connectivity index is 2.00. The van der Waals surface area contributed by atoms with E-state index in [9.17, 15) is 9.59 Å². The molecule has 1 aliphatic heterocycles. The van der Waals surface area contributed by atoms with Gasteiger partial charge in [-0.05, 0) is 45.1 Å². The number of piperidine rings is 1. The van der Waals surface area contributed by atoms with Crippen LogP contribution in [-0.2, 0) is 0 Å². The average molecular weight is 261 g/mol. The van der Waals surface area contributed by atoms with Gasteiger partial charge in [-0.3, -0.25) is 9.59 Å². The average Bonchev–Trinajstić information content (AvgIpc) is 2.41. The molecule has 0 unspecified atom stereocenters. The first kappa shape index (κ1) is 13.5. The zero-order valence-corrected chi connectivity index (χ0v) is 10.8. The van der Waals surface area contributed by atoms with E-state index in [1.807, 2.05) is 0 Å². The molecule has 1 aliphatic rings. The number of nitrogens with two attached hydrogens (primary N) is 1. The molecule has 1 saturated heterocycles. The van der Waals surface area contributed by atoms with Gasteiger partial charge in [0.15, 0.2) is 0 Å². The van der Waals surface area contributed by atoms with E-state index in [2.05, 4.69) is 28.3 Å². The molecule has 0 bridgehead atoms. The third-order valence-electron chi connectivity index (χ3n) is 3.21. The summed E-state index contributed by atoms with van der Waals surface area (Å²) in [5.74, 6) is -0.958. The first-order valence-electron chi connectivity index (χ1n) is 6.24. The minimum absolute atomic E-state index is 0.0176. The summed E-state index contributed by atoms with van der Waals surface area (Å²) in [6.45, 7) is 1.93. The van der Waals surface area contributed by atoms with Crippen molar-refractivity contribution in [2.45, 2.75) is 18.9 Å². The minimum atomic E-state index is -0.686. The second kappa shape index (κ2) is 5.79. The second-order valence-corrected chi connectivity index (χ2v) is 4.74. The SMILES string of the molecule is CN1CCC(NC(=O)c2cc[c]c(C(N)=O)n2)CC1. The van der Waals surface area contributed by atoms with Crippen molar-refractivity contribution < 1.29 is 9.59 Å². The van der Waals surface area contributed by atoms with E-state index >= 15 is 0 Å². The van der Waals surface area contributed by atoms with Gasteiger partial charge in [0, 0.05) is 12.1 Å². The van der Waals surface area contributed by atoms with Gasteiger partial charge >= 0.3 is 0 Å². The summed E-state index contributed by atoms with van der Waals surface area (Å²) in [6.07, 6.45) is 1.84. The maximum atomic E-state index is 12.0. The predicted molar refractivity (Wildman–Crippen MR) is 69.6 cm³/mol. The van der Waals surface area contributed by atoms with Gasteiger partial charge in [-0.15, -0.1) is 0 Å². The van der Waals surface area contributed by atoms with Crippen molar-refractivity contribution in [2.75, 3.05) is 20.1 Å². The lowest BCUT2D eigenvalue weighted by atomic mass is 10.1. The Bertz CT molecular complexity index is 481. The Morgan fingerprint density at radius 3 is 2.79 bits per heavy atom. The van der Waals surface area contributed by atoms with Crippen molar-refractivity contribution in [1.29, 1.82) is 0 Å². The molecule has 2 rings (SSSR count). The van der Waals surface area contributed by atoms with Gasteiger partial charge < -0.3 is 16.0 Å². The zero-order chi connectivity index (χ0) is 13.8. The molecular weight excluding hydrogens is 244 g/mol. The molecule has 1 aromatic rings. The fourth-order valence-electron chi connectivity index (χ4n) is 2.05. The van der Waals surface area contributed by atoms with Crippen molar-refractivity contribution in [3.63, 3.8) is 0 Å². The van der Waals surface area contributed by atoms with Gasteiger partial charge in [0.05, 0.1) is 0 Å². The van der Waals surface area contributed by atoms with Crippen molar-refractivity contribution in [1.82, 2.24) is 15.2 Å². The molecule has 6 nitrogen and oxygen atoms in total. The summed E-state index contributed by atoms with van der Waals surface area (Å²) in [5, 5.41) is 2.93. The fraction of sp³-hybridized carbons (Fsp3) is 0.462. The van der Waals surface area contributed by atoms with Crippen LogP contribution in [0.1, 0.15) is 33.8 Å². The molecule has 6 heteroatoms. The number of carbonyl (C=O) groups excluding carboxylic acids is 2. The van der Waals surface area contributed by atoms with Crippen LogP contribution in [0.3, 0.4) is 0 Å². The number of likely N-dealkylation sites (tertiary alicyclic amines) is 1. The van der Waals surface area contributed by atoms with E-state index in [0.29, 0.717) is 0 Å². The highest BCUT2D eigenvalue weighted by atomic mass is 16.2. The molecule has 0 aliphatic carbocycles. The Morgan fingerprint density at radius 1 is 1.47 bits per heavy atom. The zero-order valence-electron chi connectivity index (χ0n) is 10.8. The van der Waals surface area contributed by atoms with E-state index in [4.69, 9.17) is 5.73 Å². The molecule has 0 saturated carbocycles. The van der Waals surface area contributed by atoms with Gasteiger partial charge in [-0.2, -0.15) is 0 Å². The molecule has 1 aromatic heterocycles. The van der Waals surface area contributed by atoms with Gasteiger partial charge in [-0.1, -0.05) is 0 Å². The maximum absolute atomic E-state index is 12.0. The van der Waals surface area contributed by atoms with Crippen LogP contribution in [0.5, 0.6) is 0 Å². The van der Waals surface area contributed by atoms with Crippen LogP contribution in [0, 0.1) is 6.07 Å². The number of nitrogens with one attached hydrogen (secondary N) is 1. The number of hydrogen-bond acceptors (Lipinski definition) is 4. The van der Waals surface area contributed by atoms with Crippen molar-refractivity contribution in [3.05, 3.63) is 29.6 Å². The van der Waals surface area contributed by atoms with Crippen LogP contribution in [0.25, 0.3) is 0 Å². The standard InChI is InChI=1S/C13H17N4O2/c1-17-7-5-9(6-8-17)15-13(19)11-4-2-3-10(16-11)12(14)18/h2,4,9H,5-8H2,1H3,(H2,14,18)(H,15,19). The van der Waals surface area contributed by atoms with Crippen LogP contribution >= 0.6 is 0 Å². The number of hydrogen-bond donors (Lipinski definition) is 2. The van der Waals surface area contributed by atoms with Crippen LogP contribution < -0.4 is 11.1 Å². The van der Waals surface area contributed by atoms with Crippen molar-refractivity contribution in [2.24, 2.45) is 5.73 Å². The first-order chi connectivity index (χ1) is 9.06. The normalized spacial score (nSPS) is 17.1. The molecule has 1 radical (unpaired) electrons.